The molecule has 0 aliphatic heterocycles. The minimum atomic E-state index is -0.476. The predicted octanol–water partition coefficient (Wildman–Crippen LogP) is 6.21. The van der Waals surface area contributed by atoms with Crippen LogP contribution in [0.4, 0.5) is 19.3 Å². The van der Waals surface area contributed by atoms with E-state index in [-0.39, 0.29) is 30.7 Å². The van der Waals surface area contributed by atoms with E-state index < -0.39 is 11.8 Å². The predicted molar refractivity (Wildman–Crippen MR) is 146 cm³/mol. The van der Waals surface area contributed by atoms with Gasteiger partial charge in [0.1, 0.15) is 18.2 Å². The molecule has 0 unspecified atom stereocenters. The molecule has 8 heteroatoms. The van der Waals surface area contributed by atoms with Crippen LogP contribution >= 0.6 is 0 Å². The molecule has 198 valence electrons. The summed E-state index contributed by atoms with van der Waals surface area (Å²) in [5, 5.41) is 3.79. The summed E-state index contributed by atoms with van der Waals surface area (Å²) in [6.45, 7) is 4.82. The molecule has 1 heterocycles. The fourth-order valence-electron chi connectivity index (χ4n) is 4.39. The van der Waals surface area contributed by atoms with Crippen LogP contribution in [-0.4, -0.2) is 46.4 Å². The van der Waals surface area contributed by atoms with Gasteiger partial charge in [-0.15, -0.1) is 0 Å². The average molecular weight is 519 g/mol. The number of rotatable bonds is 10. The van der Waals surface area contributed by atoms with Crippen LogP contribution in [0.3, 0.4) is 0 Å². The van der Waals surface area contributed by atoms with Crippen LogP contribution in [0.25, 0.3) is 10.9 Å². The minimum absolute atomic E-state index is 0.109. The van der Waals surface area contributed by atoms with Crippen molar-refractivity contribution in [3.63, 3.8) is 0 Å². The van der Waals surface area contributed by atoms with E-state index in [2.05, 4.69) is 10.3 Å². The number of fused-ring (bicyclic) bond motifs is 1. The molecule has 0 aliphatic rings. The first-order chi connectivity index (χ1) is 18.3. The lowest BCUT2D eigenvalue weighted by molar-refractivity contribution is -0.132. The lowest BCUT2D eigenvalue weighted by Crippen LogP contribution is -2.46. The molecule has 38 heavy (non-hydrogen) atoms. The maximum absolute atomic E-state index is 13.6. The van der Waals surface area contributed by atoms with Gasteiger partial charge in [-0.25, -0.2) is 13.6 Å². The van der Waals surface area contributed by atoms with Crippen LogP contribution in [0.2, 0.25) is 0 Å². The molecule has 6 nitrogen and oxygen atoms in total. The number of nitrogens with zero attached hydrogens (tertiary/aromatic N) is 2. The number of nitrogens with one attached hydrogen (secondary N) is 2. The van der Waals surface area contributed by atoms with Gasteiger partial charge in [0.25, 0.3) is 0 Å². The van der Waals surface area contributed by atoms with Gasteiger partial charge in [0.2, 0.25) is 5.91 Å². The number of hydrogen-bond donors (Lipinski definition) is 2. The van der Waals surface area contributed by atoms with Crippen molar-refractivity contribution in [2.24, 2.45) is 5.92 Å². The van der Waals surface area contributed by atoms with Crippen molar-refractivity contribution in [1.29, 1.82) is 0 Å². The molecular weight excluding hydrogens is 486 g/mol. The van der Waals surface area contributed by atoms with Crippen molar-refractivity contribution in [1.82, 2.24) is 14.8 Å². The summed E-state index contributed by atoms with van der Waals surface area (Å²) in [6, 6.07) is 19.2. The first kappa shape index (κ1) is 26.9. The number of anilines is 1. The SMILES string of the molecule is CC(C)CN(CC(=O)N(CCc1c[nH]c2ccccc12)Cc1ccc(F)cc1)C(=O)Nc1cccc(F)c1. The fraction of sp³-hybridized carbons (Fsp3) is 0.267. The van der Waals surface area contributed by atoms with Gasteiger partial charge in [0.15, 0.2) is 0 Å². The molecule has 0 atom stereocenters. The topological polar surface area (TPSA) is 68.4 Å². The van der Waals surface area contributed by atoms with Crippen molar-refractivity contribution < 1.29 is 18.4 Å². The van der Waals surface area contributed by atoms with Crippen LogP contribution in [0.15, 0.2) is 79.0 Å². The van der Waals surface area contributed by atoms with E-state index in [4.69, 9.17) is 0 Å². The number of aromatic amines is 1. The zero-order valence-corrected chi connectivity index (χ0v) is 21.6. The summed E-state index contributed by atoms with van der Waals surface area (Å²) in [5.74, 6) is -0.929. The number of halogens is 2. The monoisotopic (exact) mass is 518 g/mol. The van der Waals surface area contributed by atoms with E-state index in [1.807, 2.05) is 44.3 Å². The molecule has 0 saturated carbocycles. The van der Waals surface area contributed by atoms with Crippen molar-refractivity contribution >= 4 is 28.5 Å². The molecule has 4 aromatic rings. The van der Waals surface area contributed by atoms with E-state index in [9.17, 15) is 18.4 Å². The average Bonchev–Trinajstić information content (AvgIpc) is 3.30. The van der Waals surface area contributed by atoms with Crippen LogP contribution in [0.5, 0.6) is 0 Å². The van der Waals surface area contributed by atoms with E-state index in [0.29, 0.717) is 25.2 Å². The third-order valence-corrected chi connectivity index (χ3v) is 6.24. The van der Waals surface area contributed by atoms with Crippen molar-refractivity contribution in [2.75, 3.05) is 25.0 Å². The Morgan fingerprint density at radius 3 is 2.42 bits per heavy atom. The molecule has 0 spiro atoms. The maximum Gasteiger partial charge on any atom is 0.322 e. The van der Waals surface area contributed by atoms with Gasteiger partial charge in [0.05, 0.1) is 0 Å². The Kier molecular flexibility index (Phi) is 8.73. The van der Waals surface area contributed by atoms with Crippen molar-refractivity contribution in [3.8, 4) is 0 Å². The van der Waals surface area contributed by atoms with Gasteiger partial charge in [-0.1, -0.05) is 50.2 Å². The molecule has 0 saturated heterocycles. The minimum Gasteiger partial charge on any atom is -0.361 e. The van der Waals surface area contributed by atoms with Gasteiger partial charge in [-0.2, -0.15) is 0 Å². The second-order valence-corrected chi connectivity index (χ2v) is 9.77. The highest BCUT2D eigenvalue weighted by molar-refractivity contribution is 5.92. The van der Waals surface area contributed by atoms with E-state index in [1.54, 1.807) is 23.1 Å². The van der Waals surface area contributed by atoms with Crippen LogP contribution < -0.4 is 5.32 Å². The number of H-pyrrole nitrogens is 1. The molecule has 0 fully saturated rings. The van der Waals surface area contributed by atoms with Gasteiger partial charge >= 0.3 is 6.03 Å². The van der Waals surface area contributed by atoms with E-state index >= 15 is 0 Å². The van der Waals surface area contributed by atoms with Gasteiger partial charge < -0.3 is 20.1 Å². The Balaban J connectivity index is 1.51. The van der Waals surface area contributed by atoms with Gasteiger partial charge in [-0.3, -0.25) is 4.79 Å². The number of aromatic nitrogens is 1. The Bertz CT molecular complexity index is 1380. The second-order valence-electron chi connectivity index (χ2n) is 9.77. The zero-order chi connectivity index (χ0) is 27.1. The number of hydrogen-bond acceptors (Lipinski definition) is 2. The summed E-state index contributed by atoms with van der Waals surface area (Å²) in [7, 11) is 0. The fourth-order valence-corrected chi connectivity index (χ4v) is 4.39. The lowest BCUT2D eigenvalue weighted by atomic mass is 10.1. The molecule has 2 N–H and O–H groups in total. The number of benzene rings is 3. The highest BCUT2D eigenvalue weighted by Crippen LogP contribution is 2.19. The Morgan fingerprint density at radius 2 is 1.68 bits per heavy atom. The quantitative estimate of drug-likeness (QED) is 0.262. The number of carbonyl (C=O) groups is 2. The molecule has 3 aromatic carbocycles. The molecular formula is C30H32F2N4O2. The molecule has 4 rings (SSSR count). The highest BCUT2D eigenvalue weighted by Gasteiger charge is 2.23. The summed E-state index contributed by atoms with van der Waals surface area (Å²) in [5.41, 5.74) is 3.22. The molecule has 1 aromatic heterocycles. The van der Waals surface area contributed by atoms with Crippen molar-refractivity contribution in [2.45, 2.75) is 26.8 Å². The Labute approximate surface area is 221 Å². The van der Waals surface area contributed by atoms with E-state index in [0.717, 1.165) is 22.0 Å². The third kappa shape index (κ3) is 7.18. The number of carbonyl (C=O) groups excluding carboxylic acids is 2. The lowest BCUT2D eigenvalue weighted by Gasteiger charge is -2.29. The summed E-state index contributed by atoms with van der Waals surface area (Å²) in [6.07, 6.45) is 2.55. The molecule has 0 aliphatic carbocycles. The third-order valence-electron chi connectivity index (χ3n) is 6.24. The number of urea groups is 1. The summed E-state index contributed by atoms with van der Waals surface area (Å²) in [4.78, 5) is 33.1. The van der Waals surface area contributed by atoms with Gasteiger partial charge in [0, 0.05) is 42.4 Å². The molecule has 0 bridgehead atoms. The number of para-hydroxylation sites is 1. The first-order valence-electron chi connectivity index (χ1n) is 12.7. The standard InChI is InChI=1S/C30H32F2N4O2/c1-21(2)18-36(30(38)34-26-7-5-6-25(32)16-26)20-29(37)35(19-22-10-12-24(31)13-11-22)15-14-23-17-33-28-9-4-3-8-27(23)28/h3-13,16-17,21,33H,14-15,18-20H2,1-2H3,(H,34,38). The summed E-state index contributed by atoms with van der Waals surface area (Å²) < 4.78 is 27.1. The normalized spacial score (nSPS) is 11.1. The smallest absolute Gasteiger partial charge is 0.322 e. The van der Waals surface area contributed by atoms with Crippen molar-refractivity contribution in [3.05, 3.63) is 102 Å². The largest absolute Gasteiger partial charge is 0.361 e. The first-order valence-corrected chi connectivity index (χ1v) is 12.7. The zero-order valence-electron chi connectivity index (χ0n) is 21.6. The van der Waals surface area contributed by atoms with Gasteiger partial charge in [-0.05, 0) is 59.9 Å². The Hall–Kier alpha value is -4.20. The Morgan fingerprint density at radius 1 is 0.921 bits per heavy atom. The van der Waals surface area contributed by atoms with Crippen LogP contribution in [-0.2, 0) is 17.8 Å². The van der Waals surface area contributed by atoms with Crippen LogP contribution in [0, 0.1) is 17.6 Å². The van der Waals surface area contributed by atoms with E-state index in [1.165, 1.54) is 35.2 Å². The molecule has 0 radical (unpaired) electrons. The number of amides is 3. The van der Waals surface area contributed by atoms with Crippen LogP contribution in [0.1, 0.15) is 25.0 Å². The maximum atomic E-state index is 13.6. The summed E-state index contributed by atoms with van der Waals surface area (Å²) >= 11 is 0. The second kappa shape index (κ2) is 12.4. The molecule has 3 amide bonds. The highest BCUT2D eigenvalue weighted by atomic mass is 19.1.